The Hall–Kier alpha value is -1.01. The Bertz CT molecular complexity index is 470. The summed E-state index contributed by atoms with van der Waals surface area (Å²) in [6, 6.07) is 7.13. The second kappa shape index (κ2) is 9.20. The van der Waals surface area contributed by atoms with Gasteiger partial charge in [0, 0.05) is 11.6 Å². The average Bonchev–Trinajstić information content (AvgIpc) is 2.96. The van der Waals surface area contributed by atoms with Crippen LogP contribution in [0.3, 0.4) is 0 Å². The zero-order chi connectivity index (χ0) is 15.2. The molecule has 0 saturated carbocycles. The maximum atomic E-state index is 12.0. The van der Waals surface area contributed by atoms with Crippen molar-refractivity contribution in [2.75, 3.05) is 13.1 Å². The fourth-order valence-electron chi connectivity index (χ4n) is 2.22. The van der Waals surface area contributed by atoms with Crippen LogP contribution in [0.2, 0.25) is 5.02 Å². The molecule has 2 rings (SSSR count). The Labute approximate surface area is 141 Å². The summed E-state index contributed by atoms with van der Waals surface area (Å²) in [7, 11) is 0. The molecule has 22 heavy (non-hydrogen) atoms. The maximum Gasteiger partial charge on any atom is 0.249 e. The van der Waals surface area contributed by atoms with Gasteiger partial charge < -0.3 is 20.5 Å². The van der Waals surface area contributed by atoms with E-state index in [0.717, 1.165) is 18.6 Å². The average molecular weight is 349 g/mol. The van der Waals surface area contributed by atoms with Gasteiger partial charge >= 0.3 is 0 Å². The topological polar surface area (TPSA) is 73.6 Å². The molecule has 0 spiro atoms. The first-order valence-electron chi connectivity index (χ1n) is 7.14. The summed E-state index contributed by atoms with van der Waals surface area (Å²) < 4.78 is 11.2. The molecule has 5 nitrogen and oxygen atoms in total. The van der Waals surface area contributed by atoms with Gasteiger partial charge in [-0.3, -0.25) is 4.79 Å². The Morgan fingerprint density at radius 3 is 2.73 bits per heavy atom. The van der Waals surface area contributed by atoms with E-state index in [1.54, 1.807) is 24.3 Å². The lowest BCUT2D eigenvalue weighted by atomic mass is 10.2. The lowest BCUT2D eigenvalue weighted by Crippen LogP contribution is -2.40. The Kier molecular flexibility index (Phi) is 7.96. The molecule has 1 heterocycles. The number of hydrogen-bond acceptors (Lipinski definition) is 4. The molecular weight excluding hydrogens is 327 g/mol. The van der Waals surface area contributed by atoms with E-state index in [-0.39, 0.29) is 36.6 Å². The lowest BCUT2D eigenvalue weighted by molar-refractivity contribution is -0.132. The zero-order valence-corrected chi connectivity index (χ0v) is 14.0. The quantitative estimate of drug-likeness (QED) is 0.825. The van der Waals surface area contributed by atoms with Gasteiger partial charge in [-0.2, -0.15) is 0 Å². The minimum atomic E-state index is -0.388. The SMILES string of the molecule is CC(CNC(=O)[C@@H]1CC[C@H](CN)O1)Oc1ccc(Cl)cc1.Cl. The summed E-state index contributed by atoms with van der Waals surface area (Å²) in [5, 5.41) is 3.51. The molecule has 3 N–H and O–H groups in total. The van der Waals surface area contributed by atoms with Crippen molar-refractivity contribution in [1.29, 1.82) is 0 Å². The standard InChI is InChI=1S/C15H21ClN2O3.ClH/c1-10(20-12-4-2-11(16)3-5-12)9-18-15(19)14-7-6-13(8-17)21-14;/h2-5,10,13-14H,6-9,17H2,1H3,(H,18,19);1H/t10?,13-,14+;/m1./s1. The highest BCUT2D eigenvalue weighted by Gasteiger charge is 2.29. The van der Waals surface area contributed by atoms with Crippen molar-refractivity contribution in [3.8, 4) is 5.75 Å². The van der Waals surface area contributed by atoms with E-state index < -0.39 is 0 Å². The van der Waals surface area contributed by atoms with Crippen LogP contribution in [0.4, 0.5) is 0 Å². The number of nitrogens with two attached hydrogens (primary N) is 1. The van der Waals surface area contributed by atoms with Crippen molar-refractivity contribution in [3.63, 3.8) is 0 Å². The molecule has 1 aliphatic heterocycles. The largest absolute Gasteiger partial charge is 0.489 e. The van der Waals surface area contributed by atoms with Crippen molar-refractivity contribution in [2.45, 2.75) is 38.1 Å². The van der Waals surface area contributed by atoms with Crippen molar-refractivity contribution in [2.24, 2.45) is 5.73 Å². The first-order valence-corrected chi connectivity index (χ1v) is 7.51. The maximum absolute atomic E-state index is 12.0. The monoisotopic (exact) mass is 348 g/mol. The van der Waals surface area contributed by atoms with Crippen LogP contribution in [0.25, 0.3) is 0 Å². The van der Waals surface area contributed by atoms with Crippen LogP contribution in [-0.2, 0) is 9.53 Å². The van der Waals surface area contributed by atoms with Crippen LogP contribution < -0.4 is 15.8 Å². The highest BCUT2D eigenvalue weighted by atomic mass is 35.5. The number of rotatable bonds is 6. The molecule has 0 aromatic heterocycles. The van der Waals surface area contributed by atoms with Gasteiger partial charge in [-0.1, -0.05) is 11.6 Å². The van der Waals surface area contributed by atoms with Crippen LogP contribution in [0.1, 0.15) is 19.8 Å². The normalized spacial score (nSPS) is 21.8. The van der Waals surface area contributed by atoms with E-state index in [1.807, 2.05) is 6.92 Å². The molecule has 1 aromatic rings. The lowest BCUT2D eigenvalue weighted by Gasteiger charge is -2.17. The Balaban J connectivity index is 0.00000242. The molecule has 1 saturated heterocycles. The Morgan fingerprint density at radius 2 is 2.14 bits per heavy atom. The number of amides is 1. The van der Waals surface area contributed by atoms with Crippen LogP contribution in [0.15, 0.2) is 24.3 Å². The summed E-state index contributed by atoms with van der Waals surface area (Å²) in [5.41, 5.74) is 5.53. The molecule has 124 valence electrons. The van der Waals surface area contributed by atoms with Crippen molar-refractivity contribution in [1.82, 2.24) is 5.32 Å². The number of carbonyl (C=O) groups excluding carboxylic acids is 1. The highest BCUT2D eigenvalue weighted by Crippen LogP contribution is 2.19. The van der Waals surface area contributed by atoms with Gasteiger partial charge in [0.15, 0.2) is 0 Å². The van der Waals surface area contributed by atoms with E-state index in [0.29, 0.717) is 18.1 Å². The van der Waals surface area contributed by atoms with E-state index in [1.165, 1.54) is 0 Å². The van der Waals surface area contributed by atoms with E-state index in [9.17, 15) is 4.79 Å². The fraction of sp³-hybridized carbons (Fsp3) is 0.533. The van der Waals surface area contributed by atoms with Gasteiger partial charge in [0.2, 0.25) is 5.91 Å². The molecule has 1 aliphatic rings. The molecular formula is C15H22Cl2N2O3. The van der Waals surface area contributed by atoms with Crippen molar-refractivity contribution >= 4 is 29.9 Å². The zero-order valence-electron chi connectivity index (χ0n) is 12.5. The number of halogens is 2. The summed E-state index contributed by atoms with van der Waals surface area (Å²) in [6.07, 6.45) is 1.04. The molecule has 0 bridgehead atoms. The molecule has 1 fully saturated rings. The predicted octanol–water partition coefficient (Wildman–Crippen LogP) is 2.15. The number of nitrogens with one attached hydrogen (secondary N) is 1. The van der Waals surface area contributed by atoms with E-state index in [2.05, 4.69) is 5.32 Å². The number of carbonyl (C=O) groups is 1. The molecule has 0 aliphatic carbocycles. The predicted molar refractivity (Wildman–Crippen MR) is 88.7 cm³/mol. The first-order chi connectivity index (χ1) is 10.1. The van der Waals surface area contributed by atoms with E-state index >= 15 is 0 Å². The minimum Gasteiger partial charge on any atom is -0.489 e. The summed E-state index contributed by atoms with van der Waals surface area (Å²) in [6.45, 7) is 2.78. The highest BCUT2D eigenvalue weighted by molar-refractivity contribution is 6.30. The second-order valence-electron chi connectivity index (χ2n) is 5.19. The molecule has 1 aromatic carbocycles. The summed E-state index contributed by atoms with van der Waals surface area (Å²) >= 11 is 5.81. The van der Waals surface area contributed by atoms with Gasteiger partial charge in [0.05, 0.1) is 12.6 Å². The van der Waals surface area contributed by atoms with Crippen molar-refractivity contribution < 1.29 is 14.3 Å². The molecule has 0 radical (unpaired) electrons. The van der Waals surface area contributed by atoms with Gasteiger partial charge in [-0.05, 0) is 44.0 Å². The van der Waals surface area contributed by atoms with E-state index in [4.69, 9.17) is 26.8 Å². The summed E-state index contributed by atoms with van der Waals surface area (Å²) in [5.74, 6) is 0.624. The third-order valence-electron chi connectivity index (χ3n) is 3.38. The van der Waals surface area contributed by atoms with Crippen LogP contribution >= 0.6 is 24.0 Å². The van der Waals surface area contributed by atoms with Gasteiger partial charge in [0.25, 0.3) is 0 Å². The Morgan fingerprint density at radius 1 is 1.45 bits per heavy atom. The molecule has 7 heteroatoms. The fourth-order valence-corrected chi connectivity index (χ4v) is 2.34. The number of benzene rings is 1. The number of ether oxygens (including phenoxy) is 2. The van der Waals surface area contributed by atoms with Gasteiger partial charge in [-0.25, -0.2) is 0 Å². The van der Waals surface area contributed by atoms with Gasteiger partial charge in [-0.15, -0.1) is 12.4 Å². The first kappa shape index (κ1) is 19.0. The molecule has 1 amide bonds. The van der Waals surface area contributed by atoms with Crippen molar-refractivity contribution in [3.05, 3.63) is 29.3 Å². The second-order valence-corrected chi connectivity index (χ2v) is 5.62. The third kappa shape index (κ3) is 5.65. The number of hydrogen-bond donors (Lipinski definition) is 2. The molecule has 3 atom stereocenters. The third-order valence-corrected chi connectivity index (χ3v) is 3.63. The van der Waals surface area contributed by atoms with Gasteiger partial charge in [0.1, 0.15) is 18.0 Å². The van der Waals surface area contributed by atoms with Crippen LogP contribution in [0, 0.1) is 0 Å². The summed E-state index contributed by atoms with van der Waals surface area (Å²) in [4.78, 5) is 12.0. The van der Waals surface area contributed by atoms with Crippen LogP contribution in [-0.4, -0.2) is 37.3 Å². The minimum absolute atomic E-state index is 0. The van der Waals surface area contributed by atoms with Crippen LogP contribution in [0.5, 0.6) is 5.75 Å². The smallest absolute Gasteiger partial charge is 0.249 e. The molecule has 1 unspecified atom stereocenters.